The third-order valence-electron chi connectivity index (χ3n) is 2.92. The summed E-state index contributed by atoms with van der Waals surface area (Å²) in [6.45, 7) is 1.93. The average molecular weight is 213 g/mol. The largest absolute Gasteiger partial charge is 0.470 e. The van der Waals surface area contributed by atoms with Gasteiger partial charge in [0, 0.05) is 7.05 Å². The molecule has 0 spiro atoms. The highest BCUT2D eigenvalue weighted by molar-refractivity contribution is 5.66. The van der Waals surface area contributed by atoms with Crippen molar-refractivity contribution in [1.82, 2.24) is 0 Å². The van der Waals surface area contributed by atoms with Gasteiger partial charge in [0.1, 0.15) is 12.1 Å². The van der Waals surface area contributed by atoms with E-state index in [9.17, 15) is 0 Å². The van der Waals surface area contributed by atoms with Gasteiger partial charge in [0.05, 0.1) is 17.3 Å². The summed E-state index contributed by atoms with van der Waals surface area (Å²) >= 11 is 0. The maximum absolute atomic E-state index is 8.98. The lowest BCUT2D eigenvalue weighted by atomic mass is 10.1. The van der Waals surface area contributed by atoms with Crippen LogP contribution < -0.4 is 9.64 Å². The van der Waals surface area contributed by atoms with Gasteiger partial charge in [-0.05, 0) is 19.1 Å². The van der Waals surface area contributed by atoms with Crippen LogP contribution in [-0.4, -0.2) is 19.2 Å². The fourth-order valence-corrected chi connectivity index (χ4v) is 1.80. The number of nitrogens with zero attached hydrogens (tertiary/aromatic N) is 3. The van der Waals surface area contributed by atoms with Crippen molar-refractivity contribution in [1.29, 1.82) is 10.5 Å². The number of fused-ring (bicyclic) bond motifs is 1. The second-order valence-electron chi connectivity index (χ2n) is 3.78. The van der Waals surface area contributed by atoms with Gasteiger partial charge in [0.25, 0.3) is 0 Å². The quantitative estimate of drug-likeness (QED) is 0.657. The molecule has 2 unspecified atom stereocenters. The van der Waals surface area contributed by atoms with E-state index in [4.69, 9.17) is 15.3 Å². The molecule has 0 saturated heterocycles. The van der Waals surface area contributed by atoms with Crippen LogP contribution in [-0.2, 0) is 0 Å². The highest BCUT2D eigenvalue weighted by atomic mass is 16.5. The summed E-state index contributed by atoms with van der Waals surface area (Å²) in [6, 6.07) is 9.55. The van der Waals surface area contributed by atoms with Gasteiger partial charge in [-0.2, -0.15) is 10.5 Å². The van der Waals surface area contributed by atoms with Gasteiger partial charge in [-0.3, -0.25) is 0 Å². The van der Waals surface area contributed by atoms with E-state index in [1.165, 1.54) is 0 Å². The lowest BCUT2D eigenvalue weighted by Gasteiger charge is -2.36. The normalized spacial score (nSPS) is 22.6. The van der Waals surface area contributed by atoms with E-state index >= 15 is 0 Å². The van der Waals surface area contributed by atoms with E-state index in [-0.39, 0.29) is 6.04 Å². The highest BCUT2D eigenvalue weighted by Crippen LogP contribution is 2.37. The van der Waals surface area contributed by atoms with Crippen LogP contribution >= 0.6 is 0 Å². The number of para-hydroxylation sites is 1. The molecule has 0 aliphatic carbocycles. The maximum Gasteiger partial charge on any atom is 0.204 e. The molecule has 1 aliphatic rings. The third-order valence-corrected chi connectivity index (χ3v) is 2.92. The predicted octanol–water partition coefficient (Wildman–Crippen LogP) is 1.67. The topological polar surface area (TPSA) is 60.0 Å². The molecule has 16 heavy (non-hydrogen) atoms. The van der Waals surface area contributed by atoms with E-state index < -0.39 is 6.10 Å². The van der Waals surface area contributed by atoms with Crippen molar-refractivity contribution in [3.8, 4) is 17.9 Å². The van der Waals surface area contributed by atoms with Gasteiger partial charge in [-0.25, -0.2) is 0 Å². The molecular weight excluding hydrogens is 202 g/mol. The van der Waals surface area contributed by atoms with Gasteiger partial charge in [-0.15, -0.1) is 0 Å². The van der Waals surface area contributed by atoms with Crippen molar-refractivity contribution < 1.29 is 4.74 Å². The molecule has 0 amide bonds. The summed E-state index contributed by atoms with van der Waals surface area (Å²) in [5, 5.41) is 18.0. The first-order valence-corrected chi connectivity index (χ1v) is 5.01. The van der Waals surface area contributed by atoms with Crippen molar-refractivity contribution in [2.24, 2.45) is 0 Å². The second-order valence-corrected chi connectivity index (χ2v) is 3.78. The van der Waals surface area contributed by atoms with Gasteiger partial charge < -0.3 is 9.64 Å². The van der Waals surface area contributed by atoms with Crippen LogP contribution in [0.25, 0.3) is 0 Å². The lowest BCUT2D eigenvalue weighted by molar-refractivity contribution is 0.211. The molecule has 0 saturated carbocycles. The zero-order valence-corrected chi connectivity index (χ0v) is 9.14. The minimum atomic E-state index is -0.535. The first-order chi connectivity index (χ1) is 7.69. The molecule has 4 nitrogen and oxygen atoms in total. The molecular formula is C12H11N3O. The average Bonchev–Trinajstić information content (AvgIpc) is 2.33. The lowest BCUT2D eigenvalue weighted by Crippen LogP contribution is -2.45. The van der Waals surface area contributed by atoms with Crippen molar-refractivity contribution in [3.05, 3.63) is 23.8 Å². The highest BCUT2D eigenvalue weighted by Gasteiger charge is 2.31. The van der Waals surface area contributed by atoms with E-state index in [1.807, 2.05) is 31.0 Å². The Hall–Kier alpha value is -2.20. The number of ether oxygens (including phenoxy) is 1. The Kier molecular flexibility index (Phi) is 2.42. The summed E-state index contributed by atoms with van der Waals surface area (Å²) < 4.78 is 5.56. The Balaban J connectivity index is 2.56. The minimum Gasteiger partial charge on any atom is -0.470 e. The van der Waals surface area contributed by atoms with Crippen LogP contribution in [0.1, 0.15) is 12.5 Å². The Morgan fingerprint density at radius 3 is 2.75 bits per heavy atom. The van der Waals surface area contributed by atoms with E-state index in [0.717, 1.165) is 5.69 Å². The molecule has 0 bridgehead atoms. The maximum atomic E-state index is 8.98. The molecule has 0 fully saturated rings. The second kappa shape index (κ2) is 3.75. The summed E-state index contributed by atoms with van der Waals surface area (Å²) in [5.41, 5.74) is 1.33. The standard InChI is InChI=1S/C12H11N3O/c1-8-11(7-14)16-12-9(6-13)4-3-5-10(12)15(8)2/h3-5,8,11H,1-2H3. The number of likely N-dealkylation sites (N-methyl/N-ethyl adjacent to an activating group) is 1. The minimum absolute atomic E-state index is 0.0218. The zero-order chi connectivity index (χ0) is 11.7. The summed E-state index contributed by atoms with van der Waals surface area (Å²) in [7, 11) is 1.90. The molecule has 1 aromatic carbocycles. The molecule has 80 valence electrons. The SMILES string of the molecule is CC1C(C#N)Oc2c(C#N)cccc2N1C. The molecule has 0 radical (unpaired) electrons. The Morgan fingerprint density at radius 2 is 2.12 bits per heavy atom. The fourth-order valence-electron chi connectivity index (χ4n) is 1.80. The van der Waals surface area contributed by atoms with Crippen LogP contribution in [0, 0.1) is 22.7 Å². The van der Waals surface area contributed by atoms with Crippen LogP contribution in [0.2, 0.25) is 0 Å². The predicted molar refractivity (Wildman–Crippen MR) is 59.1 cm³/mol. The number of hydrogen-bond donors (Lipinski definition) is 0. The Labute approximate surface area is 94.3 Å². The number of nitriles is 2. The number of anilines is 1. The van der Waals surface area contributed by atoms with Crippen molar-refractivity contribution in [3.63, 3.8) is 0 Å². The molecule has 4 heteroatoms. The molecule has 2 atom stereocenters. The summed E-state index contributed by atoms with van der Waals surface area (Å²) in [6.07, 6.45) is -0.535. The first-order valence-electron chi connectivity index (χ1n) is 5.01. The molecule has 1 aliphatic heterocycles. The van der Waals surface area contributed by atoms with Crippen LogP contribution in [0.5, 0.6) is 5.75 Å². The Morgan fingerprint density at radius 1 is 1.38 bits per heavy atom. The zero-order valence-electron chi connectivity index (χ0n) is 9.14. The van der Waals surface area contributed by atoms with Crippen molar-refractivity contribution >= 4 is 5.69 Å². The van der Waals surface area contributed by atoms with E-state index in [2.05, 4.69) is 12.1 Å². The van der Waals surface area contributed by atoms with Gasteiger partial charge in [0.2, 0.25) is 6.10 Å². The number of benzene rings is 1. The van der Waals surface area contributed by atoms with Crippen molar-refractivity contribution in [2.75, 3.05) is 11.9 Å². The van der Waals surface area contributed by atoms with Crippen LogP contribution in [0.3, 0.4) is 0 Å². The van der Waals surface area contributed by atoms with E-state index in [0.29, 0.717) is 11.3 Å². The van der Waals surface area contributed by atoms with Gasteiger partial charge >= 0.3 is 0 Å². The molecule has 1 heterocycles. The van der Waals surface area contributed by atoms with E-state index in [1.54, 1.807) is 6.07 Å². The fraction of sp³-hybridized carbons (Fsp3) is 0.333. The first kappa shape index (κ1) is 10.3. The Bertz CT molecular complexity index is 498. The van der Waals surface area contributed by atoms with Gasteiger partial charge in [-0.1, -0.05) is 6.07 Å². The van der Waals surface area contributed by atoms with Crippen LogP contribution in [0.15, 0.2) is 18.2 Å². The van der Waals surface area contributed by atoms with Gasteiger partial charge in [0.15, 0.2) is 5.75 Å². The number of hydrogen-bond acceptors (Lipinski definition) is 4. The summed E-state index contributed by atoms with van der Waals surface area (Å²) in [4.78, 5) is 1.97. The van der Waals surface area contributed by atoms with Crippen LogP contribution in [0.4, 0.5) is 5.69 Å². The monoisotopic (exact) mass is 213 g/mol. The smallest absolute Gasteiger partial charge is 0.204 e. The molecule has 2 rings (SSSR count). The number of rotatable bonds is 0. The molecule has 0 N–H and O–H groups in total. The summed E-state index contributed by atoms with van der Waals surface area (Å²) in [5.74, 6) is 0.511. The third kappa shape index (κ3) is 1.36. The molecule has 1 aromatic rings. The van der Waals surface area contributed by atoms with Crippen molar-refractivity contribution in [2.45, 2.75) is 19.1 Å². The molecule has 0 aromatic heterocycles.